The molecule has 2 aliphatic heterocycles. The zero-order chi connectivity index (χ0) is 23.9. The minimum absolute atomic E-state index is 0.140. The summed E-state index contributed by atoms with van der Waals surface area (Å²) in [4.78, 5) is 50.0. The highest BCUT2D eigenvalue weighted by atomic mass is 19.3. The van der Waals surface area contributed by atoms with Crippen LogP contribution in [0.4, 0.5) is 8.78 Å². The molecule has 2 heterocycles. The van der Waals surface area contributed by atoms with Gasteiger partial charge in [-0.25, -0.2) is 0 Å². The number of carbonyl (C=O) groups excluding carboxylic acids is 4. The summed E-state index contributed by atoms with van der Waals surface area (Å²) in [6.45, 7) is 3.10. The summed E-state index contributed by atoms with van der Waals surface area (Å²) in [5.74, 6) is -6.28. The highest BCUT2D eigenvalue weighted by Crippen LogP contribution is 2.33. The molecule has 4 amide bonds. The molecule has 2 N–H and O–H groups in total. The summed E-state index contributed by atoms with van der Waals surface area (Å²) in [7, 11) is 0. The van der Waals surface area contributed by atoms with E-state index in [4.69, 9.17) is 0 Å². The third kappa shape index (κ3) is 4.10. The van der Waals surface area contributed by atoms with Crippen LogP contribution >= 0.6 is 0 Å². The Labute approximate surface area is 189 Å². The van der Waals surface area contributed by atoms with E-state index in [1.165, 1.54) is 30.9 Å². The summed E-state index contributed by atoms with van der Waals surface area (Å²) in [5.41, 5.74) is 1.97. The molecule has 1 unspecified atom stereocenters. The Hall–Kier alpha value is -3.62. The monoisotopic (exact) mass is 455 g/mol. The van der Waals surface area contributed by atoms with Crippen LogP contribution in [0, 0.1) is 13.8 Å². The van der Waals surface area contributed by atoms with E-state index in [1.54, 1.807) is 24.3 Å². The second-order valence-electron chi connectivity index (χ2n) is 8.42. The Bertz CT molecular complexity index is 1160. The van der Waals surface area contributed by atoms with Crippen molar-refractivity contribution in [2.24, 2.45) is 0 Å². The van der Waals surface area contributed by atoms with Gasteiger partial charge in [0.05, 0.1) is 0 Å². The normalized spacial score (nSPS) is 18.2. The number of halogens is 2. The van der Waals surface area contributed by atoms with E-state index in [0.29, 0.717) is 27.8 Å². The number of nitrogens with zero attached hydrogens (tertiary/aromatic N) is 1. The fraction of sp³-hybridized carbons (Fsp3) is 0.333. The number of aryl methyl sites for hydroxylation is 2. The summed E-state index contributed by atoms with van der Waals surface area (Å²) in [6, 6.07) is 8.81. The number of fused-ring (bicyclic) bond motifs is 1. The molecular formula is C24H23F2N3O4. The van der Waals surface area contributed by atoms with Gasteiger partial charge in [0.25, 0.3) is 11.8 Å². The van der Waals surface area contributed by atoms with Crippen LogP contribution in [0.5, 0.6) is 0 Å². The third-order valence-electron chi connectivity index (χ3n) is 6.12. The molecule has 2 aromatic rings. The van der Waals surface area contributed by atoms with Gasteiger partial charge in [-0.15, -0.1) is 0 Å². The second kappa shape index (κ2) is 8.38. The van der Waals surface area contributed by atoms with Crippen LogP contribution in [-0.4, -0.2) is 34.6 Å². The van der Waals surface area contributed by atoms with Crippen molar-refractivity contribution in [1.82, 2.24) is 15.5 Å². The zero-order valence-electron chi connectivity index (χ0n) is 18.2. The fourth-order valence-electron chi connectivity index (χ4n) is 4.45. The highest BCUT2D eigenvalue weighted by Gasteiger charge is 2.43. The molecule has 172 valence electrons. The molecule has 2 aliphatic rings. The molecule has 33 heavy (non-hydrogen) atoms. The van der Waals surface area contributed by atoms with Crippen LogP contribution in [0.25, 0.3) is 0 Å². The summed E-state index contributed by atoms with van der Waals surface area (Å²) >= 11 is 0. The van der Waals surface area contributed by atoms with E-state index in [1.807, 2.05) is 0 Å². The van der Waals surface area contributed by atoms with Crippen LogP contribution in [0.15, 0.2) is 36.4 Å². The van der Waals surface area contributed by atoms with Crippen LogP contribution in [0.1, 0.15) is 51.0 Å². The van der Waals surface area contributed by atoms with Crippen LogP contribution < -0.4 is 10.6 Å². The molecule has 0 aliphatic carbocycles. The van der Waals surface area contributed by atoms with Crippen LogP contribution in [0.2, 0.25) is 0 Å². The van der Waals surface area contributed by atoms with Crippen molar-refractivity contribution in [3.63, 3.8) is 0 Å². The number of hydrogen-bond acceptors (Lipinski definition) is 4. The van der Waals surface area contributed by atoms with E-state index in [-0.39, 0.29) is 43.3 Å². The first-order valence-corrected chi connectivity index (χ1v) is 10.6. The number of alkyl halides is 2. The van der Waals surface area contributed by atoms with E-state index in [2.05, 4.69) is 10.6 Å². The second-order valence-corrected chi connectivity index (χ2v) is 8.42. The molecule has 7 nitrogen and oxygen atoms in total. The number of hydrogen-bond donors (Lipinski definition) is 2. The maximum Gasteiger partial charge on any atom is 0.350 e. The molecule has 0 bridgehead atoms. The number of rotatable bonds is 5. The van der Waals surface area contributed by atoms with E-state index >= 15 is 0 Å². The summed E-state index contributed by atoms with van der Waals surface area (Å²) in [6.07, 6.45) is 0.406. The van der Waals surface area contributed by atoms with Gasteiger partial charge in [-0.05, 0) is 48.6 Å². The Kier molecular flexibility index (Phi) is 5.73. The number of amides is 4. The minimum Gasteiger partial charge on any atom is -0.346 e. The van der Waals surface area contributed by atoms with Crippen molar-refractivity contribution in [1.29, 1.82) is 0 Å². The molecule has 0 saturated carbocycles. The maximum atomic E-state index is 14.8. The summed E-state index contributed by atoms with van der Waals surface area (Å²) < 4.78 is 29.7. The molecule has 2 aromatic carbocycles. The largest absolute Gasteiger partial charge is 0.350 e. The van der Waals surface area contributed by atoms with Gasteiger partial charge in [-0.3, -0.25) is 24.5 Å². The van der Waals surface area contributed by atoms with Gasteiger partial charge in [0.15, 0.2) is 0 Å². The fourth-order valence-corrected chi connectivity index (χ4v) is 4.45. The lowest BCUT2D eigenvalue weighted by atomic mass is 9.96. The first kappa shape index (κ1) is 22.6. The standard InChI is InChI=1S/C24H23F2N3O4/c1-13-4-3-5-14(2)20(13)24(25,26)23(33)27-11-15-6-7-17-16(10-15)12-29(22(17)32)18-8-9-19(30)28-21(18)31/h3-7,10,18H,8-9,11-12H2,1-2H3,(H,27,33)(H,28,30,31). The van der Waals surface area contributed by atoms with Crippen molar-refractivity contribution < 1.29 is 28.0 Å². The van der Waals surface area contributed by atoms with E-state index in [9.17, 15) is 28.0 Å². The van der Waals surface area contributed by atoms with Crippen molar-refractivity contribution in [3.05, 3.63) is 69.8 Å². The van der Waals surface area contributed by atoms with Crippen molar-refractivity contribution >= 4 is 23.6 Å². The Balaban J connectivity index is 1.46. The molecule has 0 spiro atoms. The van der Waals surface area contributed by atoms with Gasteiger partial charge in [0.1, 0.15) is 6.04 Å². The summed E-state index contributed by atoms with van der Waals surface area (Å²) in [5, 5.41) is 4.53. The van der Waals surface area contributed by atoms with Gasteiger partial charge in [0, 0.05) is 30.6 Å². The van der Waals surface area contributed by atoms with Gasteiger partial charge in [-0.2, -0.15) is 8.78 Å². The SMILES string of the molecule is Cc1cccc(C)c1C(F)(F)C(=O)NCc1ccc2c(c1)CN(C1CCC(=O)NC1=O)C2=O. The maximum absolute atomic E-state index is 14.8. The lowest BCUT2D eigenvalue weighted by Crippen LogP contribution is -2.52. The van der Waals surface area contributed by atoms with Gasteiger partial charge in [0.2, 0.25) is 11.8 Å². The Morgan fingerprint density at radius 2 is 1.85 bits per heavy atom. The minimum atomic E-state index is -3.69. The molecule has 4 rings (SSSR count). The van der Waals surface area contributed by atoms with E-state index < -0.39 is 23.8 Å². The Morgan fingerprint density at radius 3 is 2.52 bits per heavy atom. The molecule has 0 aromatic heterocycles. The van der Waals surface area contributed by atoms with Gasteiger partial charge >= 0.3 is 5.92 Å². The van der Waals surface area contributed by atoms with Crippen LogP contribution in [-0.2, 0) is 33.4 Å². The van der Waals surface area contributed by atoms with Crippen molar-refractivity contribution in [2.75, 3.05) is 0 Å². The first-order valence-electron chi connectivity index (χ1n) is 10.6. The lowest BCUT2D eigenvalue weighted by Gasteiger charge is -2.29. The average molecular weight is 455 g/mol. The molecular weight excluding hydrogens is 432 g/mol. The number of benzene rings is 2. The number of piperidine rings is 1. The van der Waals surface area contributed by atoms with Gasteiger partial charge < -0.3 is 10.2 Å². The van der Waals surface area contributed by atoms with Crippen LogP contribution in [0.3, 0.4) is 0 Å². The first-order chi connectivity index (χ1) is 15.6. The van der Waals surface area contributed by atoms with E-state index in [0.717, 1.165) is 0 Å². The quantitative estimate of drug-likeness (QED) is 0.678. The van der Waals surface area contributed by atoms with Crippen molar-refractivity contribution in [3.8, 4) is 0 Å². The molecule has 0 radical (unpaired) electrons. The lowest BCUT2D eigenvalue weighted by molar-refractivity contribution is -0.147. The molecule has 1 atom stereocenters. The topological polar surface area (TPSA) is 95.6 Å². The predicted molar refractivity (Wildman–Crippen MR) is 114 cm³/mol. The number of carbonyl (C=O) groups is 4. The molecule has 9 heteroatoms. The molecule has 1 fully saturated rings. The third-order valence-corrected chi connectivity index (χ3v) is 6.12. The zero-order valence-corrected chi connectivity index (χ0v) is 18.2. The predicted octanol–water partition coefficient (Wildman–Crippen LogP) is 2.47. The number of nitrogens with one attached hydrogen (secondary N) is 2. The number of imide groups is 1. The molecule has 1 saturated heterocycles. The van der Waals surface area contributed by atoms with Crippen molar-refractivity contribution in [2.45, 2.75) is 51.7 Å². The average Bonchev–Trinajstić information content (AvgIpc) is 3.07. The highest BCUT2D eigenvalue weighted by molar-refractivity contribution is 6.05. The Morgan fingerprint density at radius 1 is 1.15 bits per heavy atom. The smallest absolute Gasteiger partial charge is 0.346 e. The van der Waals surface area contributed by atoms with Gasteiger partial charge in [-0.1, -0.05) is 30.3 Å².